The highest BCUT2D eigenvalue weighted by atomic mass is 32.1. The zero-order valence-electron chi connectivity index (χ0n) is 16.6. The Morgan fingerprint density at radius 3 is 2.75 bits per heavy atom. The SMILES string of the molecule is CC(C)c1cc(N2C[C@H](CNC(=O)OC(C)(C)C)OC2=O)cc2sc(=O)[nH]c12. The van der Waals surface area contributed by atoms with Crippen LogP contribution in [0.1, 0.15) is 46.1 Å². The Hall–Kier alpha value is -2.55. The first-order valence-corrected chi connectivity index (χ1v) is 9.97. The predicted octanol–water partition coefficient (Wildman–Crippen LogP) is 3.56. The number of carbonyl (C=O) groups excluding carboxylic acids is 2. The van der Waals surface area contributed by atoms with Gasteiger partial charge in [-0.2, -0.15) is 0 Å². The van der Waals surface area contributed by atoms with Crippen molar-refractivity contribution >= 4 is 39.4 Å². The minimum absolute atomic E-state index is 0.127. The molecule has 1 fully saturated rings. The van der Waals surface area contributed by atoms with E-state index >= 15 is 0 Å². The molecule has 2 aromatic rings. The molecule has 0 aliphatic carbocycles. The molecule has 1 aromatic carbocycles. The van der Waals surface area contributed by atoms with Crippen LogP contribution in [0.4, 0.5) is 15.3 Å². The fraction of sp³-hybridized carbons (Fsp3) is 0.526. The number of alkyl carbamates (subject to hydrolysis) is 1. The number of nitrogens with zero attached hydrogens (tertiary/aromatic N) is 1. The van der Waals surface area contributed by atoms with E-state index < -0.39 is 23.9 Å². The van der Waals surface area contributed by atoms with Crippen LogP contribution in [0.15, 0.2) is 16.9 Å². The standard InChI is InChI=1S/C19H25N3O5S/c1-10(2)13-6-11(7-14-15(13)21-17(24)28-14)22-9-12(26-18(22)25)8-20-16(23)27-19(3,4)5/h6-7,10,12H,8-9H2,1-5H3,(H,20,23)(H,21,24)/t12-/m0/s1. The molecule has 0 unspecified atom stereocenters. The summed E-state index contributed by atoms with van der Waals surface area (Å²) < 4.78 is 11.4. The number of rotatable bonds is 4. The van der Waals surface area contributed by atoms with Crippen molar-refractivity contribution in [2.45, 2.75) is 52.2 Å². The van der Waals surface area contributed by atoms with Crippen molar-refractivity contribution in [1.82, 2.24) is 10.3 Å². The lowest BCUT2D eigenvalue weighted by atomic mass is 10.0. The normalized spacial score (nSPS) is 17.3. The molecule has 1 saturated heterocycles. The number of cyclic esters (lactones) is 1. The Labute approximate surface area is 166 Å². The molecule has 8 nitrogen and oxygen atoms in total. The lowest BCUT2D eigenvalue weighted by molar-refractivity contribution is 0.0496. The lowest BCUT2D eigenvalue weighted by Gasteiger charge is -2.20. The third kappa shape index (κ3) is 4.46. The number of nitrogens with one attached hydrogen (secondary N) is 2. The number of carbonyl (C=O) groups is 2. The Bertz CT molecular complexity index is 957. The van der Waals surface area contributed by atoms with Crippen molar-refractivity contribution in [2.24, 2.45) is 0 Å². The summed E-state index contributed by atoms with van der Waals surface area (Å²) in [6, 6.07) is 3.72. The third-order valence-electron chi connectivity index (χ3n) is 4.23. The monoisotopic (exact) mass is 407 g/mol. The summed E-state index contributed by atoms with van der Waals surface area (Å²) in [6.45, 7) is 9.87. The van der Waals surface area contributed by atoms with E-state index in [0.29, 0.717) is 12.2 Å². The average Bonchev–Trinajstić information content (AvgIpc) is 3.11. The van der Waals surface area contributed by atoms with Gasteiger partial charge in [-0.3, -0.25) is 9.69 Å². The van der Waals surface area contributed by atoms with Gasteiger partial charge in [0.2, 0.25) is 0 Å². The molecule has 2 N–H and O–H groups in total. The van der Waals surface area contributed by atoms with Crippen molar-refractivity contribution in [3.05, 3.63) is 27.4 Å². The highest BCUT2D eigenvalue weighted by molar-refractivity contribution is 7.16. The highest BCUT2D eigenvalue weighted by Gasteiger charge is 2.33. The Balaban J connectivity index is 1.75. The average molecular weight is 407 g/mol. The van der Waals surface area contributed by atoms with Crippen molar-refractivity contribution < 1.29 is 19.1 Å². The quantitative estimate of drug-likeness (QED) is 0.807. The van der Waals surface area contributed by atoms with E-state index in [1.54, 1.807) is 20.8 Å². The Kier molecular flexibility index (Phi) is 5.38. The van der Waals surface area contributed by atoms with Gasteiger partial charge in [0.25, 0.3) is 0 Å². The van der Waals surface area contributed by atoms with E-state index in [2.05, 4.69) is 10.3 Å². The van der Waals surface area contributed by atoms with E-state index in [-0.39, 0.29) is 17.3 Å². The Morgan fingerprint density at radius 1 is 1.39 bits per heavy atom. The Morgan fingerprint density at radius 2 is 2.11 bits per heavy atom. The van der Waals surface area contributed by atoms with Crippen LogP contribution < -0.4 is 15.1 Å². The summed E-state index contributed by atoms with van der Waals surface area (Å²) in [6.07, 6.45) is -1.52. The van der Waals surface area contributed by atoms with Gasteiger partial charge in [0.05, 0.1) is 23.3 Å². The van der Waals surface area contributed by atoms with E-state index in [1.807, 2.05) is 26.0 Å². The number of benzene rings is 1. The fourth-order valence-corrected chi connectivity index (χ4v) is 3.83. The summed E-state index contributed by atoms with van der Waals surface area (Å²) in [7, 11) is 0. The first kappa shape index (κ1) is 20.2. The number of hydrogen-bond acceptors (Lipinski definition) is 6. The van der Waals surface area contributed by atoms with Gasteiger partial charge in [-0.1, -0.05) is 25.2 Å². The first-order valence-electron chi connectivity index (χ1n) is 9.15. The second-order valence-corrected chi connectivity index (χ2v) is 9.09. The minimum atomic E-state index is -0.594. The molecule has 2 heterocycles. The van der Waals surface area contributed by atoms with Gasteiger partial charge in [-0.05, 0) is 44.4 Å². The molecule has 0 saturated carbocycles. The van der Waals surface area contributed by atoms with E-state index in [1.165, 1.54) is 4.90 Å². The second-order valence-electron chi connectivity index (χ2n) is 8.08. The molecule has 1 aliphatic rings. The first-order chi connectivity index (χ1) is 13.0. The molecule has 1 atom stereocenters. The number of ether oxygens (including phenoxy) is 2. The van der Waals surface area contributed by atoms with Crippen LogP contribution in [0.25, 0.3) is 10.2 Å². The van der Waals surface area contributed by atoms with Crippen LogP contribution in [0.5, 0.6) is 0 Å². The van der Waals surface area contributed by atoms with Crippen LogP contribution in [-0.2, 0) is 9.47 Å². The summed E-state index contributed by atoms with van der Waals surface area (Å²) in [5.74, 6) is 0.177. The number of thiazole rings is 1. The summed E-state index contributed by atoms with van der Waals surface area (Å²) in [5, 5.41) is 2.63. The smallest absolute Gasteiger partial charge is 0.414 e. The van der Waals surface area contributed by atoms with Gasteiger partial charge in [0, 0.05) is 5.69 Å². The third-order valence-corrected chi connectivity index (χ3v) is 5.06. The number of aromatic nitrogens is 1. The molecule has 152 valence electrons. The number of hydrogen-bond donors (Lipinski definition) is 2. The van der Waals surface area contributed by atoms with Gasteiger partial charge >= 0.3 is 17.1 Å². The van der Waals surface area contributed by atoms with Crippen molar-refractivity contribution in [3.63, 3.8) is 0 Å². The van der Waals surface area contributed by atoms with E-state index in [9.17, 15) is 14.4 Å². The van der Waals surface area contributed by atoms with Crippen LogP contribution in [0.3, 0.4) is 0 Å². The molecule has 28 heavy (non-hydrogen) atoms. The summed E-state index contributed by atoms with van der Waals surface area (Å²) in [4.78, 5) is 40.2. The fourth-order valence-electron chi connectivity index (χ4n) is 3.02. The van der Waals surface area contributed by atoms with Gasteiger partial charge in [-0.25, -0.2) is 9.59 Å². The van der Waals surface area contributed by atoms with Crippen LogP contribution in [-0.4, -0.2) is 42.0 Å². The van der Waals surface area contributed by atoms with Gasteiger partial charge in [0.1, 0.15) is 11.7 Å². The number of anilines is 1. The maximum Gasteiger partial charge on any atom is 0.414 e. The second kappa shape index (κ2) is 7.46. The molecular formula is C19H25N3O5S. The molecule has 0 spiro atoms. The van der Waals surface area contributed by atoms with E-state index in [4.69, 9.17) is 9.47 Å². The largest absolute Gasteiger partial charge is 0.444 e. The van der Waals surface area contributed by atoms with Crippen molar-refractivity contribution in [2.75, 3.05) is 18.0 Å². The van der Waals surface area contributed by atoms with Crippen LogP contribution >= 0.6 is 11.3 Å². The lowest BCUT2D eigenvalue weighted by Crippen LogP contribution is -2.38. The summed E-state index contributed by atoms with van der Waals surface area (Å²) in [5.41, 5.74) is 1.86. The van der Waals surface area contributed by atoms with E-state index in [0.717, 1.165) is 27.1 Å². The van der Waals surface area contributed by atoms with Gasteiger partial charge in [0.15, 0.2) is 0 Å². The molecule has 9 heteroatoms. The molecule has 0 bridgehead atoms. The molecule has 2 amide bonds. The highest BCUT2D eigenvalue weighted by Crippen LogP contribution is 2.32. The number of H-pyrrole nitrogens is 1. The molecule has 1 aromatic heterocycles. The van der Waals surface area contributed by atoms with Gasteiger partial charge < -0.3 is 19.8 Å². The molecule has 0 radical (unpaired) electrons. The number of fused-ring (bicyclic) bond motifs is 1. The minimum Gasteiger partial charge on any atom is -0.444 e. The molecule has 1 aliphatic heterocycles. The summed E-state index contributed by atoms with van der Waals surface area (Å²) >= 11 is 1.11. The number of aromatic amines is 1. The van der Waals surface area contributed by atoms with Crippen LogP contribution in [0.2, 0.25) is 0 Å². The maximum absolute atomic E-state index is 12.4. The van der Waals surface area contributed by atoms with Crippen LogP contribution in [0, 0.1) is 0 Å². The molecule has 3 rings (SSSR count). The number of amides is 2. The zero-order chi connectivity index (χ0) is 20.6. The predicted molar refractivity (Wildman–Crippen MR) is 108 cm³/mol. The van der Waals surface area contributed by atoms with Crippen molar-refractivity contribution in [3.8, 4) is 0 Å². The molecular weight excluding hydrogens is 382 g/mol. The topological polar surface area (TPSA) is 101 Å². The zero-order valence-corrected chi connectivity index (χ0v) is 17.4. The van der Waals surface area contributed by atoms with Gasteiger partial charge in [-0.15, -0.1) is 0 Å². The maximum atomic E-state index is 12.4. The van der Waals surface area contributed by atoms with Crippen molar-refractivity contribution in [1.29, 1.82) is 0 Å².